The van der Waals surface area contributed by atoms with Gasteiger partial charge in [-0.05, 0) is 0 Å². The zero-order valence-corrected chi connectivity index (χ0v) is 10.2. The van der Waals surface area contributed by atoms with E-state index in [0.717, 1.165) is 0 Å². The van der Waals surface area contributed by atoms with Gasteiger partial charge in [0.2, 0.25) is 6.29 Å². The third kappa shape index (κ3) is 45.6. The Morgan fingerprint density at radius 2 is 1.32 bits per heavy atom. The molecule has 1 aliphatic rings. The van der Waals surface area contributed by atoms with Crippen molar-refractivity contribution < 1.29 is 54.7 Å². The van der Waals surface area contributed by atoms with E-state index >= 15 is 0 Å². The second kappa shape index (κ2) is 12.3. The molecule has 0 aromatic carbocycles. The van der Waals surface area contributed by atoms with E-state index in [1.807, 2.05) is 0 Å². The second-order valence-corrected chi connectivity index (χ2v) is 4.17. The molecule has 19 heavy (non-hydrogen) atoms. The van der Waals surface area contributed by atoms with Crippen LogP contribution in [0.25, 0.3) is 0 Å². The van der Waals surface area contributed by atoms with Crippen LogP contribution >= 0.6 is 0 Å². The van der Waals surface area contributed by atoms with Crippen LogP contribution in [0.15, 0.2) is 0 Å². The minimum atomic E-state index is -4.67. The summed E-state index contributed by atoms with van der Waals surface area (Å²) in [5.41, 5.74) is 0. The summed E-state index contributed by atoms with van der Waals surface area (Å²) in [7, 11) is -9.33. The Labute approximate surface area is 131 Å². The van der Waals surface area contributed by atoms with Crippen molar-refractivity contribution in [3.63, 3.8) is 0 Å². The first-order valence-electron chi connectivity index (χ1n) is 3.83. The van der Waals surface area contributed by atoms with Crippen LogP contribution in [0.2, 0.25) is 0 Å². The first kappa shape index (κ1) is 24.6. The molecule has 1 heterocycles. The van der Waals surface area contributed by atoms with Crippen LogP contribution in [0.3, 0.4) is 0 Å². The summed E-state index contributed by atoms with van der Waals surface area (Å²) >= 11 is 0. The molecule has 1 fully saturated rings. The molecule has 0 bridgehead atoms. The topological polar surface area (TPSA) is 197 Å². The normalized spacial score (nSPS) is 18.9. The van der Waals surface area contributed by atoms with Gasteiger partial charge in [-0.25, -0.2) is 10.1 Å². The van der Waals surface area contributed by atoms with Crippen LogP contribution in [-0.2, 0) is 35.2 Å². The second-order valence-electron chi connectivity index (χ2n) is 2.38. The maximum atomic E-state index is 8.74. The third-order valence-electron chi connectivity index (χ3n) is 0.903. The Balaban J connectivity index is -0.000000208. The van der Waals surface area contributed by atoms with E-state index in [1.54, 1.807) is 0 Å². The Morgan fingerprint density at radius 3 is 1.47 bits per heavy atom. The Bertz CT molecular complexity index is 336. The Kier molecular flexibility index (Phi) is 16.0. The molecule has 0 amide bonds. The molecular weight excluding hydrogens is 327 g/mol. The predicted molar refractivity (Wildman–Crippen MR) is 59.8 cm³/mol. The van der Waals surface area contributed by atoms with Gasteiger partial charge >= 0.3 is 50.4 Å². The van der Waals surface area contributed by atoms with E-state index in [2.05, 4.69) is 4.89 Å². The first-order valence-corrected chi connectivity index (χ1v) is 6.62. The van der Waals surface area contributed by atoms with Crippen molar-refractivity contribution in [3.8, 4) is 0 Å². The number of hydrogen-bond acceptors (Lipinski definition) is 8. The summed E-state index contributed by atoms with van der Waals surface area (Å²) in [6, 6.07) is 0. The molecule has 5 N–H and O–H groups in total. The average molecular weight is 340 g/mol. The molecule has 0 aromatic heterocycles. The van der Waals surface area contributed by atoms with Gasteiger partial charge < -0.3 is 9.47 Å². The van der Waals surface area contributed by atoms with Gasteiger partial charge in [-0.1, -0.05) is 0 Å². The van der Waals surface area contributed by atoms with E-state index in [4.69, 9.17) is 49.8 Å². The third-order valence-corrected chi connectivity index (χ3v) is 0.903. The van der Waals surface area contributed by atoms with Gasteiger partial charge in [-0.2, -0.15) is 16.8 Å². The van der Waals surface area contributed by atoms with Crippen molar-refractivity contribution >= 4 is 50.4 Å². The molecule has 1 rings (SSSR count). The molecule has 1 aliphatic heterocycles. The van der Waals surface area contributed by atoms with Crippen molar-refractivity contribution in [2.24, 2.45) is 0 Å². The van der Waals surface area contributed by atoms with Gasteiger partial charge in [-0.15, -0.1) is 0 Å². The van der Waals surface area contributed by atoms with Crippen LogP contribution in [0.4, 0.5) is 0 Å². The fourth-order valence-electron chi connectivity index (χ4n) is 0.527. The van der Waals surface area contributed by atoms with Crippen molar-refractivity contribution in [1.82, 2.24) is 0 Å². The zero-order valence-electron chi connectivity index (χ0n) is 8.61. The number of ether oxygens (including phenoxy) is 2. The van der Waals surface area contributed by atoms with Gasteiger partial charge in [0.05, 0.1) is 13.2 Å². The van der Waals surface area contributed by atoms with Crippen LogP contribution in [-0.4, -0.2) is 96.0 Å². The molecule has 0 aromatic rings. The summed E-state index contributed by atoms with van der Waals surface area (Å²) < 4.78 is 72.9. The monoisotopic (exact) mass is 340 g/mol. The van der Waals surface area contributed by atoms with Crippen molar-refractivity contribution in [2.45, 2.75) is 6.29 Å². The molecule has 1 unspecified atom stereocenters. The van der Waals surface area contributed by atoms with Gasteiger partial charge in [0, 0.05) is 0 Å². The quantitative estimate of drug-likeness (QED) is 0.151. The van der Waals surface area contributed by atoms with Crippen LogP contribution in [0.1, 0.15) is 0 Å². The summed E-state index contributed by atoms with van der Waals surface area (Å²) in [4.78, 5) is 3.84. The Morgan fingerprint density at radius 1 is 0.947 bits per heavy atom. The van der Waals surface area contributed by atoms with Crippen LogP contribution in [0.5, 0.6) is 0 Å². The van der Waals surface area contributed by atoms with Crippen LogP contribution in [0, 0.1) is 0 Å². The summed E-state index contributed by atoms with van der Waals surface area (Å²) in [5, 5.41) is 7.99. The van der Waals surface area contributed by atoms with E-state index in [0.29, 0.717) is 19.8 Å². The van der Waals surface area contributed by atoms with Crippen LogP contribution < -0.4 is 0 Å². The van der Waals surface area contributed by atoms with Gasteiger partial charge in [0.15, 0.2) is 0 Å². The molecule has 0 aliphatic carbocycles. The van der Waals surface area contributed by atoms with Crippen molar-refractivity contribution in [3.05, 3.63) is 0 Å². The molecule has 114 valence electrons. The minimum absolute atomic E-state index is 0. The van der Waals surface area contributed by atoms with E-state index in [1.165, 1.54) is 0 Å². The molecule has 15 heteroatoms. The summed E-state index contributed by atoms with van der Waals surface area (Å²) in [6.45, 7) is 1.39. The van der Waals surface area contributed by atoms with E-state index in [9.17, 15) is 0 Å². The van der Waals surface area contributed by atoms with E-state index < -0.39 is 27.1 Å². The van der Waals surface area contributed by atoms with Crippen molar-refractivity contribution in [2.75, 3.05) is 19.8 Å². The molecule has 1 saturated heterocycles. The summed E-state index contributed by atoms with van der Waals surface area (Å²) in [6.07, 6.45) is -0.580. The molecule has 0 spiro atoms. The Hall–Kier alpha value is 0.580. The molecule has 0 saturated carbocycles. The molecule has 0 radical (unpaired) electrons. The number of rotatable bonds is 1. The molecular formula is C4H13NaO12S2. The fourth-order valence-corrected chi connectivity index (χ4v) is 0.527. The molecule has 1 atom stereocenters. The fraction of sp³-hybridized carbons (Fsp3) is 1.00. The first-order chi connectivity index (χ1) is 7.93. The summed E-state index contributed by atoms with van der Waals surface area (Å²) in [5.74, 6) is 0. The van der Waals surface area contributed by atoms with Gasteiger partial charge in [0.25, 0.3) is 0 Å². The molecule has 12 nitrogen and oxygen atoms in total. The average Bonchev–Trinajstić information content (AvgIpc) is 2.14. The van der Waals surface area contributed by atoms with Crippen molar-refractivity contribution in [1.29, 1.82) is 0 Å². The van der Waals surface area contributed by atoms with Gasteiger partial charge in [-0.3, -0.25) is 18.2 Å². The van der Waals surface area contributed by atoms with Gasteiger partial charge in [0.1, 0.15) is 6.61 Å². The SMILES string of the molecule is O=S(=O)(O)O.O=S(=O)(O)O.OOC1COCCO1.[NaH]. The maximum absolute atomic E-state index is 8.74. The van der Waals surface area contributed by atoms with E-state index in [-0.39, 0.29) is 29.6 Å². The zero-order chi connectivity index (χ0) is 14.8. The number of hydrogen-bond donors (Lipinski definition) is 5. The standard InChI is InChI=1S/C4H8O4.Na.2H2O4S.H/c5-8-4-3-6-1-2-7-4;;2*1-5(2,3)4;/h4-5H,1-3H2;;2*(H2,1,2,3,4);. The predicted octanol–water partition coefficient (Wildman–Crippen LogP) is -2.11.